The predicted octanol–water partition coefficient (Wildman–Crippen LogP) is 2.11. The molecule has 1 saturated heterocycles. The van der Waals surface area contributed by atoms with Crippen LogP contribution in [0.4, 0.5) is 0 Å². The standard InChI is InChI=1S/C15H24N2O3/c1-11-13(9-14(20-11)15(18)19)10-16-6-3-12-4-7-17(2)8-5-12/h9,12,16H,3-8,10H2,1-2H3,(H,18,19). The number of carbonyl (C=O) groups is 1. The Morgan fingerprint density at radius 1 is 1.50 bits per heavy atom. The van der Waals surface area contributed by atoms with E-state index in [-0.39, 0.29) is 5.76 Å². The molecule has 1 aromatic rings. The maximum absolute atomic E-state index is 10.8. The summed E-state index contributed by atoms with van der Waals surface area (Å²) in [5.41, 5.74) is 0.936. The van der Waals surface area contributed by atoms with Gasteiger partial charge in [0.25, 0.3) is 0 Å². The molecule has 0 aliphatic carbocycles. The summed E-state index contributed by atoms with van der Waals surface area (Å²) in [6.45, 7) is 5.86. The van der Waals surface area contributed by atoms with Crippen LogP contribution >= 0.6 is 0 Å². The number of hydrogen-bond acceptors (Lipinski definition) is 4. The first kappa shape index (κ1) is 15.1. The highest BCUT2D eigenvalue weighted by Crippen LogP contribution is 2.19. The summed E-state index contributed by atoms with van der Waals surface area (Å²) in [4.78, 5) is 13.2. The first-order valence-electron chi connectivity index (χ1n) is 7.28. The second-order valence-electron chi connectivity index (χ2n) is 5.71. The molecule has 0 radical (unpaired) electrons. The number of aryl methyl sites for hydroxylation is 1. The van der Waals surface area contributed by atoms with Crippen molar-refractivity contribution in [2.45, 2.75) is 32.7 Å². The van der Waals surface area contributed by atoms with Crippen LogP contribution in [0.2, 0.25) is 0 Å². The minimum Gasteiger partial charge on any atom is -0.475 e. The Hall–Kier alpha value is -1.33. The van der Waals surface area contributed by atoms with Gasteiger partial charge in [-0.3, -0.25) is 0 Å². The van der Waals surface area contributed by atoms with Crippen LogP contribution in [-0.4, -0.2) is 42.7 Å². The van der Waals surface area contributed by atoms with Crippen molar-refractivity contribution >= 4 is 5.97 Å². The summed E-state index contributed by atoms with van der Waals surface area (Å²) in [7, 11) is 2.18. The van der Waals surface area contributed by atoms with Gasteiger partial charge in [-0.25, -0.2) is 4.79 Å². The van der Waals surface area contributed by atoms with Gasteiger partial charge >= 0.3 is 5.97 Å². The van der Waals surface area contributed by atoms with Crippen LogP contribution in [0.1, 0.15) is 41.1 Å². The number of likely N-dealkylation sites (tertiary alicyclic amines) is 1. The quantitative estimate of drug-likeness (QED) is 0.781. The molecule has 1 aliphatic heterocycles. The average molecular weight is 280 g/mol. The van der Waals surface area contributed by atoms with E-state index in [9.17, 15) is 4.79 Å². The zero-order valence-electron chi connectivity index (χ0n) is 12.3. The fraction of sp³-hybridized carbons (Fsp3) is 0.667. The van der Waals surface area contributed by atoms with Crippen molar-refractivity contribution in [2.75, 3.05) is 26.7 Å². The lowest BCUT2D eigenvalue weighted by Gasteiger charge is -2.28. The number of aromatic carboxylic acids is 1. The van der Waals surface area contributed by atoms with E-state index in [1.54, 1.807) is 13.0 Å². The van der Waals surface area contributed by atoms with E-state index in [4.69, 9.17) is 9.52 Å². The number of nitrogens with zero attached hydrogens (tertiary/aromatic N) is 1. The van der Waals surface area contributed by atoms with Crippen molar-refractivity contribution < 1.29 is 14.3 Å². The van der Waals surface area contributed by atoms with Gasteiger partial charge in [0.05, 0.1) is 0 Å². The first-order valence-corrected chi connectivity index (χ1v) is 7.28. The highest BCUT2D eigenvalue weighted by Gasteiger charge is 2.16. The minimum absolute atomic E-state index is 0.0228. The minimum atomic E-state index is -1.01. The van der Waals surface area contributed by atoms with Crippen molar-refractivity contribution in [1.82, 2.24) is 10.2 Å². The van der Waals surface area contributed by atoms with Crippen LogP contribution in [0.3, 0.4) is 0 Å². The Labute approximate surface area is 119 Å². The van der Waals surface area contributed by atoms with Crippen molar-refractivity contribution in [3.05, 3.63) is 23.2 Å². The third-order valence-electron chi connectivity index (χ3n) is 4.11. The fourth-order valence-electron chi connectivity index (χ4n) is 2.68. The molecule has 1 aliphatic rings. The third kappa shape index (κ3) is 4.08. The molecule has 112 valence electrons. The largest absolute Gasteiger partial charge is 0.475 e. The smallest absolute Gasteiger partial charge is 0.371 e. The molecule has 2 N–H and O–H groups in total. The monoisotopic (exact) mass is 280 g/mol. The van der Waals surface area contributed by atoms with Crippen LogP contribution in [0.25, 0.3) is 0 Å². The Morgan fingerprint density at radius 3 is 2.80 bits per heavy atom. The molecule has 0 spiro atoms. The van der Waals surface area contributed by atoms with E-state index in [2.05, 4.69) is 17.3 Å². The second-order valence-corrected chi connectivity index (χ2v) is 5.71. The lowest BCUT2D eigenvalue weighted by atomic mass is 9.94. The second kappa shape index (κ2) is 6.90. The molecule has 0 aromatic carbocycles. The summed E-state index contributed by atoms with van der Waals surface area (Å²) < 4.78 is 5.19. The normalized spacial score (nSPS) is 17.5. The fourth-order valence-corrected chi connectivity index (χ4v) is 2.68. The van der Waals surface area contributed by atoms with Crippen LogP contribution in [-0.2, 0) is 6.54 Å². The average Bonchev–Trinajstić information content (AvgIpc) is 2.79. The van der Waals surface area contributed by atoms with E-state index in [1.165, 1.54) is 32.4 Å². The molecule has 5 heteroatoms. The van der Waals surface area contributed by atoms with Gasteiger partial charge in [0.15, 0.2) is 0 Å². The van der Waals surface area contributed by atoms with E-state index in [0.29, 0.717) is 12.3 Å². The molecule has 2 rings (SSSR count). The van der Waals surface area contributed by atoms with Crippen LogP contribution in [0, 0.1) is 12.8 Å². The lowest BCUT2D eigenvalue weighted by molar-refractivity contribution is 0.0661. The molecule has 0 bridgehead atoms. The van der Waals surface area contributed by atoms with Gasteiger partial charge in [-0.2, -0.15) is 0 Å². The van der Waals surface area contributed by atoms with Gasteiger partial charge in [-0.15, -0.1) is 0 Å². The molecular formula is C15H24N2O3. The number of carboxylic acids is 1. The maximum Gasteiger partial charge on any atom is 0.371 e. The highest BCUT2D eigenvalue weighted by molar-refractivity contribution is 5.84. The van der Waals surface area contributed by atoms with E-state index >= 15 is 0 Å². The molecule has 0 saturated carbocycles. The number of carboxylic acid groups (broad SMARTS) is 1. The number of hydrogen-bond donors (Lipinski definition) is 2. The SMILES string of the molecule is Cc1oc(C(=O)O)cc1CNCCC1CCN(C)CC1. The van der Waals surface area contributed by atoms with Gasteiger partial charge < -0.3 is 19.7 Å². The molecular weight excluding hydrogens is 256 g/mol. The van der Waals surface area contributed by atoms with E-state index in [1.807, 2.05) is 0 Å². The number of rotatable bonds is 6. The first-order chi connectivity index (χ1) is 9.56. The molecule has 20 heavy (non-hydrogen) atoms. The summed E-state index contributed by atoms with van der Waals surface area (Å²) in [5, 5.41) is 12.3. The topological polar surface area (TPSA) is 65.7 Å². The summed E-state index contributed by atoms with van der Waals surface area (Å²) in [6, 6.07) is 1.61. The zero-order valence-corrected chi connectivity index (χ0v) is 12.3. The maximum atomic E-state index is 10.8. The van der Waals surface area contributed by atoms with Crippen molar-refractivity contribution in [1.29, 1.82) is 0 Å². The van der Waals surface area contributed by atoms with E-state index < -0.39 is 5.97 Å². The van der Waals surface area contributed by atoms with Crippen molar-refractivity contribution in [3.8, 4) is 0 Å². The molecule has 5 nitrogen and oxygen atoms in total. The van der Waals surface area contributed by atoms with Crippen molar-refractivity contribution in [2.24, 2.45) is 5.92 Å². The molecule has 1 aromatic heterocycles. The number of furan rings is 1. The molecule has 0 unspecified atom stereocenters. The summed E-state index contributed by atoms with van der Waals surface area (Å²) in [5.74, 6) is 0.521. The van der Waals surface area contributed by atoms with Crippen LogP contribution in [0.15, 0.2) is 10.5 Å². The Bertz CT molecular complexity index is 448. The van der Waals surface area contributed by atoms with Crippen LogP contribution in [0.5, 0.6) is 0 Å². The molecule has 0 amide bonds. The van der Waals surface area contributed by atoms with E-state index in [0.717, 1.165) is 18.0 Å². The Morgan fingerprint density at radius 2 is 2.20 bits per heavy atom. The summed E-state index contributed by atoms with van der Waals surface area (Å²) in [6.07, 6.45) is 3.76. The number of nitrogens with one attached hydrogen (secondary N) is 1. The molecule has 1 fully saturated rings. The predicted molar refractivity (Wildman–Crippen MR) is 76.9 cm³/mol. The number of piperidine rings is 1. The highest BCUT2D eigenvalue weighted by atomic mass is 16.4. The molecule has 0 atom stereocenters. The molecule has 2 heterocycles. The van der Waals surface area contributed by atoms with Crippen LogP contribution < -0.4 is 5.32 Å². The van der Waals surface area contributed by atoms with Gasteiger partial charge in [-0.05, 0) is 64.9 Å². The van der Waals surface area contributed by atoms with Gasteiger partial charge in [0.2, 0.25) is 5.76 Å². The van der Waals surface area contributed by atoms with Gasteiger partial charge in [0, 0.05) is 12.1 Å². The third-order valence-corrected chi connectivity index (χ3v) is 4.11. The van der Waals surface area contributed by atoms with Gasteiger partial charge in [0.1, 0.15) is 5.76 Å². The van der Waals surface area contributed by atoms with Gasteiger partial charge in [-0.1, -0.05) is 0 Å². The Balaban J connectivity index is 1.69. The Kier molecular flexibility index (Phi) is 5.20. The zero-order chi connectivity index (χ0) is 14.5. The lowest BCUT2D eigenvalue weighted by Crippen LogP contribution is -2.31. The summed E-state index contributed by atoms with van der Waals surface area (Å²) >= 11 is 0. The van der Waals surface area contributed by atoms with Crippen molar-refractivity contribution in [3.63, 3.8) is 0 Å².